The molecule has 0 aromatic rings. The second-order valence-corrected chi connectivity index (χ2v) is 4.70. The van der Waals surface area contributed by atoms with Crippen molar-refractivity contribution in [3.8, 4) is 0 Å². The van der Waals surface area contributed by atoms with E-state index in [1.165, 1.54) is 0 Å². The molecule has 1 saturated carbocycles. The molecule has 0 amide bonds. The van der Waals surface area contributed by atoms with Crippen LogP contribution in [0.4, 0.5) is 0 Å². The fourth-order valence-corrected chi connectivity index (χ4v) is 1.47. The van der Waals surface area contributed by atoms with E-state index >= 15 is 0 Å². The Morgan fingerprint density at radius 2 is 1.60 bits per heavy atom. The summed E-state index contributed by atoms with van der Waals surface area (Å²) in [4.78, 5) is 0. The molecule has 0 bridgehead atoms. The van der Waals surface area contributed by atoms with Gasteiger partial charge in [-0.15, -0.1) is 0 Å². The van der Waals surface area contributed by atoms with Crippen molar-refractivity contribution in [1.29, 1.82) is 0 Å². The zero-order valence-electron chi connectivity index (χ0n) is 7.15. The minimum absolute atomic E-state index is 0.349. The molecule has 0 aromatic carbocycles. The van der Waals surface area contributed by atoms with E-state index in [0.29, 0.717) is 5.41 Å². The summed E-state index contributed by atoms with van der Waals surface area (Å²) in [5, 5.41) is -0.349. The van der Waals surface area contributed by atoms with Gasteiger partial charge in [0, 0.05) is 0 Å². The molecule has 1 aliphatic carbocycles. The third-order valence-corrected chi connectivity index (χ3v) is 2.48. The average Bonchev–Trinajstić information content (AvgIpc) is 1.56. The highest BCUT2D eigenvalue weighted by Crippen LogP contribution is 2.53. The van der Waals surface area contributed by atoms with E-state index < -0.39 is 0 Å². The van der Waals surface area contributed by atoms with E-state index in [9.17, 15) is 0 Å². The molecule has 2 heteroatoms. The van der Waals surface area contributed by atoms with Gasteiger partial charge in [-0.25, -0.2) is 0 Å². The molecule has 1 rings (SSSR count). The second-order valence-electron chi connectivity index (χ2n) is 4.70. The molecule has 0 saturated heterocycles. The van der Waals surface area contributed by atoms with Crippen LogP contribution < -0.4 is 0 Å². The lowest BCUT2D eigenvalue weighted by atomic mass is 9.38. The molecular weight excluding hydrogens is 118 g/mol. The Balaban J connectivity index is 2.40. The van der Waals surface area contributed by atoms with Gasteiger partial charge in [0.1, 0.15) is 0 Å². The standard InChI is InChI=1S/C8H14B2/c1-7(2,3)6-4-8(9,10)5-6/h6H,4-5H2,1-3H3. The predicted octanol–water partition coefficient (Wildman–Crippen LogP) is 1.90. The van der Waals surface area contributed by atoms with E-state index in [0.717, 1.165) is 18.8 Å². The zero-order valence-corrected chi connectivity index (χ0v) is 7.15. The van der Waals surface area contributed by atoms with Crippen LogP contribution in [-0.4, -0.2) is 15.7 Å². The Hall–Kier alpha value is 0.130. The summed E-state index contributed by atoms with van der Waals surface area (Å²) in [6, 6.07) is 0. The van der Waals surface area contributed by atoms with E-state index in [4.69, 9.17) is 15.7 Å². The van der Waals surface area contributed by atoms with Crippen LogP contribution in [0.25, 0.3) is 0 Å². The van der Waals surface area contributed by atoms with Gasteiger partial charge in [0.15, 0.2) is 0 Å². The van der Waals surface area contributed by atoms with Gasteiger partial charge < -0.3 is 0 Å². The summed E-state index contributed by atoms with van der Waals surface area (Å²) < 4.78 is 0. The van der Waals surface area contributed by atoms with Crippen LogP contribution in [-0.2, 0) is 0 Å². The highest BCUT2D eigenvalue weighted by Gasteiger charge is 2.40. The van der Waals surface area contributed by atoms with Gasteiger partial charge in [-0.05, 0) is 11.3 Å². The highest BCUT2D eigenvalue weighted by atomic mass is 14.4. The first-order valence-corrected chi connectivity index (χ1v) is 3.89. The van der Waals surface area contributed by atoms with Crippen molar-refractivity contribution >= 4 is 15.7 Å². The van der Waals surface area contributed by atoms with E-state index in [1.54, 1.807) is 0 Å². The lowest BCUT2D eigenvalue weighted by molar-refractivity contribution is 0.125. The molecule has 10 heavy (non-hydrogen) atoms. The van der Waals surface area contributed by atoms with E-state index in [-0.39, 0.29) is 5.21 Å². The van der Waals surface area contributed by atoms with Crippen molar-refractivity contribution in [1.82, 2.24) is 0 Å². The number of rotatable bonds is 0. The van der Waals surface area contributed by atoms with E-state index in [1.807, 2.05) is 0 Å². The maximum atomic E-state index is 5.69. The Morgan fingerprint density at radius 1 is 1.20 bits per heavy atom. The fraction of sp³-hybridized carbons (Fsp3) is 1.00. The van der Waals surface area contributed by atoms with Crippen molar-refractivity contribution in [2.24, 2.45) is 11.3 Å². The predicted molar refractivity (Wildman–Crippen MR) is 46.4 cm³/mol. The molecule has 0 aliphatic heterocycles. The molecule has 0 nitrogen and oxygen atoms in total. The monoisotopic (exact) mass is 132 g/mol. The van der Waals surface area contributed by atoms with Gasteiger partial charge in [-0.1, -0.05) is 38.8 Å². The Morgan fingerprint density at radius 3 is 1.70 bits per heavy atom. The summed E-state index contributed by atoms with van der Waals surface area (Å²) >= 11 is 0. The molecule has 0 heterocycles. The first-order chi connectivity index (χ1) is 4.31. The molecule has 0 spiro atoms. The topological polar surface area (TPSA) is 0 Å². The first-order valence-electron chi connectivity index (χ1n) is 3.89. The minimum Gasteiger partial charge on any atom is -0.0984 e. The fourth-order valence-electron chi connectivity index (χ4n) is 1.47. The third-order valence-electron chi connectivity index (χ3n) is 2.48. The SMILES string of the molecule is [B]C1([B])CC(C(C)(C)C)C1. The summed E-state index contributed by atoms with van der Waals surface area (Å²) in [7, 11) is 11.4. The van der Waals surface area contributed by atoms with Crippen molar-refractivity contribution in [2.75, 3.05) is 0 Å². The molecule has 52 valence electrons. The van der Waals surface area contributed by atoms with Crippen LogP contribution in [0.5, 0.6) is 0 Å². The summed E-state index contributed by atoms with van der Waals surface area (Å²) in [6.45, 7) is 6.73. The van der Waals surface area contributed by atoms with Crippen LogP contribution >= 0.6 is 0 Å². The van der Waals surface area contributed by atoms with Gasteiger partial charge in [0.2, 0.25) is 0 Å². The van der Waals surface area contributed by atoms with Crippen LogP contribution in [0.2, 0.25) is 5.21 Å². The summed E-state index contributed by atoms with van der Waals surface area (Å²) in [6.07, 6.45) is 1.97. The highest BCUT2D eigenvalue weighted by molar-refractivity contribution is 6.40. The molecule has 0 unspecified atom stereocenters. The van der Waals surface area contributed by atoms with Crippen molar-refractivity contribution < 1.29 is 0 Å². The van der Waals surface area contributed by atoms with Crippen LogP contribution in [0.1, 0.15) is 33.6 Å². The quantitative estimate of drug-likeness (QED) is 0.441. The van der Waals surface area contributed by atoms with Gasteiger partial charge in [-0.2, -0.15) is 0 Å². The maximum Gasteiger partial charge on any atom is 0.0620 e. The number of hydrogen-bond donors (Lipinski definition) is 0. The first kappa shape index (κ1) is 8.23. The van der Waals surface area contributed by atoms with Crippen molar-refractivity contribution in [3.63, 3.8) is 0 Å². The lowest BCUT2D eigenvalue weighted by Gasteiger charge is -2.50. The third kappa shape index (κ3) is 1.59. The van der Waals surface area contributed by atoms with Crippen molar-refractivity contribution in [3.05, 3.63) is 0 Å². The van der Waals surface area contributed by atoms with Gasteiger partial charge >= 0.3 is 0 Å². The summed E-state index contributed by atoms with van der Waals surface area (Å²) in [5.41, 5.74) is 0.391. The smallest absolute Gasteiger partial charge is 0.0620 e. The Kier molecular flexibility index (Phi) is 1.69. The van der Waals surface area contributed by atoms with E-state index in [2.05, 4.69) is 20.8 Å². The molecule has 0 atom stereocenters. The van der Waals surface area contributed by atoms with Crippen LogP contribution in [0, 0.1) is 11.3 Å². The van der Waals surface area contributed by atoms with Crippen LogP contribution in [0.3, 0.4) is 0 Å². The zero-order chi connectivity index (χ0) is 7.99. The Labute approximate surface area is 66.6 Å². The molecule has 4 radical (unpaired) electrons. The van der Waals surface area contributed by atoms with Crippen LogP contribution in [0.15, 0.2) is 0 Å². The normalized spacial score (nSPS) is 25.9. The number of hydrogen-bond acceptors (Lipinski definition) is 0. The molecular formula is C8H14B2. The second kappa shape index (κ2) is 2.06. The molecule has 1 aliphatic rings. The molecule has 0 aromatic heterocycles. The average molecular weight is 132 g/mol. The van der Waals surface area contributed by atoms with Gasteiger partial charge in [0.05, 0.1) is 15.7 Å². The summed E-state index contributed by atoms with van der Waals surface area (Å²) in [5.74, 6) is 0.725. The minimum atomic E-state index is -0.349. The largest absolute Gasteiger partial charge is 0.0984 e. The Bertz CT molecular complexity index is 125. The van der Waals surface area contributed by atoms with Gasteiger partial charge in [0.25, 0.3) is 0 Å². The lowest BCUT2D eigenvalue weighted by Crippen LogP contribution is -2.39. The molecule has 0 N–H and O–H groups in total. The molecule has 1 fully saturated rings. The van der Waals surface area contributed by atoms with Crippen molar-refractivity contribution in [2.45, 2.75) is 38.8 Å². The van der Waals surface area contributed by atoms with Gasteiger partial charge in [-0.3, -0.25) is 0 Å². The maximum absolute atomic E-state index is 5.69.